The first-order valence-electron chi connectivity index (χ1n) is 7.69. The summed E-state index contributed by atoms with van der Waals surface area (Å²) in [6.07, 6.45) is 0. The van der Waals surface area contributed by atoms with Crippen molar-refractivity contribution in [2.45, 2.75) is 38.6 Å². The van der Waals surface area contributed by atoms with Gasteiger partial charge in [-0.25, -0.2) is 0 Å². The van der Waals surface area contributed by atoms with Crippen LogP contribution in [0.4, 0.5) is 0 Å². The van der Waals surface area contributed by atoms with Crippen LogP contribution in [-0.4, -0.2) is 12.3 Å². The molecule has 21 heavy (non-hydrogen) atoms. The number of aryl methyl sites for hydroxylation is 2. The first-order chi connectivity index (χ1) is 10.2. The molecular weight excluding hydrogens is 274 g/mol. The van der Waals surface area contributed by atoms with Crippen LogP contribution >= 0.6 is 11.8 Å². The minimum absolute atomic E-state index is 0.274. The maximum Gasteiger partial charge on any atom is 0.0579 e. The first-order valence-corrected chi connectivity index (χ1v) is 8.67. The van der Waals surface area contributed by atoms with Crippen LogP contribution in [0.25, 0.3) is 0 Å². The van der Waals surface area contributed by atoms with Crippen molar-refractivity contribution in [3.8, 4) is 0 Å². The smallest absolute Gasteiger partial charge is 0.0579 e. The third-order valence-electron chi connectivity index (χ3n) is 3.67. The molecule has 0 amide bonds. The Balaban J connectivity index is 2.33. The molecule has 2 aromatic rings. The van der Waals surface area contributed by atoms with Crippen molar-refractivity contribution >= 4 is 11.8 Å². The minimum atomic E-state index is 0.274. The number of rotatable bonds is 6. The van der Waals surface area contributed by atoms with Crippen molar-refractivity contribution in [3.05, 3.63) is 64.7 Å². The summed E-state index contributed by atoms with van der Waals surface area (Å²) in [4.78, 5) is 1.34. The second-order valence-electron chi connectivity index (χ2n) is 5.35. The zero-order valence-electron chi connectivity index (χ0n) is 13.4. The van der Waals surface area contributed by atoms with Gasteiger partial charge in [0.2, 0.25) is 0 Å². The van der Waals surface area contributed by atoms with E-state index in [1.165, 1.54) is 27.1 Å². The van der Waals surface area contributed by atoms with E-state index < -0.39 is 0 Å². The van der Waals surface area contributed by atoms with Gasteiger partial charge >= 0.3 is 0 Å². The lowest BCUT2D eigenvalue weighted by Crippen LogP contribution is -2.22. The van der Waals surface area contributed by atoms with Crippen LogP contribution in [0.1, 0.15) is 42.1 Å². The Labute approximate surface area is 133 Å². The van der Waals surface area contributed by atoms with Gasteiger partial charge in [-0.1, -0.05) is 49.7 Å². The zero-order valence-corrected chi connectivity index (χ0v) is 14.3. The van der Waals surface area contributed by atoms with E-state index in [4.69, 9.17) is 0 Å². The van der Waals surface area contributed by atoms with Crippen LogP contribution in [0.15, 0.2) is 47.4 Å². The number of hydrogen-bond acceptors (Lipinski definition) is 2. The van der Waals surface area contributed by atoms with Crippen molar-refractivity contribution in [2.75, 3.05) is 12.3 Å². The highest BCUT2D eigenvalue weighted by atomic mass is 32.2. The Hall–Kier alpha value is -1.25. The summed E-state index contributed by atoms with van der Waals surface area (Å²) in [7, 11) is 0. The number of nitrogens with one attached hydrogen (secondary N) is 1. The lowest BCUT2D eigenvalue weighted by Gasteiger charge is -2.21. The molecule has 2 heteroatoms. The molecule has 1 atom stereocenters. The van der Waals surface area contributed by atoms with Gasteiger partial charge in [-0.3, -0.25) is 0 Å². The summed E-state index contributed by atoms with van der Waals surface area (Å²) in [5, 5.41) is 3.62. The molecule has 0 spiro atoms. The average Bonchev–Trinajstić information content (AvgIpc) is 2.47. The molecule has 0 radical (unpaired) electrons. The predicted octanol–water partition coefficient (Wildman–Crippen LogP) is 5.11. The molecule has 0 aliphatic heterocycles. The molecule has 2 rings (SSSR count). The largest absolute Gasteiger partial charge is 0.307 e. The van der Waals surface area contributed by atoms with Gasteiger partial charge in [0.1, 0.15) is 0 Å². The lowest BCUT2D eigenvalue weighted by atomic mass is 9.94. The molecule has 0 fully saturated rings. The molecule has 0 saturated heterocycles. The van der Waals surface area contributed by atoms with Crippen molar-refractivity contribution in [3.63, 3.8) is 0 Å². The molecule has 2 aromatic carbocycles. The third kappa shape index (κ3) is 4.12. The first kappa shape index (κ1) is 16.1. The van der Waals surface area contributed by atoms with Gasteiger partial charge in [-0.2, -0.15) is 0 Å². The fourth-order valence-corrected chi connectivity index (χ4v) is 3.35. The number of benzene rings is 2. The van der Waals surface area contributed by atoms with Gasteiger partial charge in [-0.05, 0) is 55.0 Å². The molecular formula is C19H25NS. The van der Waals surface area contributed by atoms with E-state index >= 15 is 0 Å². The maximum absolute atomic E-state index is 3.62. The van der Waals surface area contributed by atoms with Crippen molar-refractivity contribution in [1.82, 2.24) is 5.32 Å². The standard InChI is InChI=1S/C19H25NS/c1-5-20-19(18-12-7-14(3)13-15(18)4)16-8-10-17(11-9-16)21-6-2/h7-13,19-20H,5-6H2,1-4H3. The second-order valence-corrected chi connectivity index (χ2v) is 6.69. The normalized spacial score (nSPS) is 12.4. The molecule has 1 N–H and O–H groups in total. The summed E-state index contributed by atoms with van der Waals surface area (Å²) < 4.78 is 0. The lowest BCUT2D eigenvalue weighted by molar-refractivity contribution is 0.627. The number of thioether (sulfide) groups is 1. The highest BCUT2D eigenvalue weighted by Gasteiger charge is 2.15. The van der Waals surface area contributed by atoms with E-state index in [-0.39, 0.29) is 6.04 Å². The van der Waals surface area contributed by atoms with E-state index in [1.807, 2.05) is 11.8 Å². The fraction of sp³-hybridized carbons (Fsp3) is 0.368. The van der Waals surface area contributed by atoms with Gasteiger partial charge in [0.05, 0.1) is 6.04 Å². The second kappa shape index (κ2) is 7.67. The molecule has 1 nitrogen and oxygen atoms in total. The highest BCUT2D eigenvalue weighted by Crippen LogP contribution is 2.27. The number of hydrogen-bond donors (Lipinski definition) is 1. The van der Waals surface area contributed by atoms with Gasteiger partial charge in [0.25, 0.3) is 0 Å². The van der Waals surface area contributed by atoms with E-state index in [2.05, 4.69) is 75.5 Å². The Morgan fingerprint density at radius 2 is 1.71 bits per heavy atom. The Bertz CT molecular complexity index is 575. The van der Waals surface area contributed by atoms with Crippen LogP contribution in [0, 0.1) is 13.8 Å². The topological polar surface area (TPSA) is 12.0 Å². The van der Waals surface area contributed by atoms with E-state index in [0.717, 1.165) is 12.3 Å². The van der Waals surface area contributed by atoms with Gasteiger partial charge in [0, 0.05) is 4.90 Å². The fourth-order valence-electron chi connectivity index (χ4n) is 2.68. The zero-order chi connectivity index (χ0) is 15.2. The molecule has 0 bridgehead atoms. The Morgan fingerprint density at radius 1 is 1.00 bits per heavy atom. The van der Waals surface area contributed by atoms with Crippen molar-refractivity contribution in [1.29, 1.82) is 0 Å². The summed E-state index contributed by atoms with van der Waals surface area (Å²) in [6, 6.07) is 16.0. The van der Waals surface area contributed by atoms with Crippen molar-refractivity contribution < 1.29 is 0 Å². The van der Waals surface area contributed by atoms with Crippen molar-refractivity contribution in [2.24, 2.45) is 0 Å². The van der Waals surface area contributed by atoms with Crippen LogP contribution in [0.2, 0.25) is 0 Å². The van der Waals surface area contributed by atoms with E-state index in [1.54, 1.807) is 0 Å². The SMILES string of the molecule is CCNC(c1ccc(SCC)cc1)c1ccc(C)cc1C. The summed E-state index contributed by atoms with van der Waals surface area (Å²) >= 11 is 1.89. The van der Waals surface area contributed by atoms with Crippen LogP contribution < -0.4 is 5.32 Å². The van der Waals surface area contributed by atoms with Gasteiger partial charge < -0.3 is 5.32 Å². The molecule has 0 saturated carbocycles. The molecule has 0 aliphatic carbocycles. The highest BCUT2D eigenvalue weighted by molar-refractivity contribution is 7.99. The quantitative estimate of drug-likeness (QED) is 0.743. The summed E-state index contributed by atoms with van der Waals surface area (Å²) in [5.74, 6) is 1.12. The molecule has 0 heterocycles. The molecule has 0 aromatic heterocycles. The Kier molecular flexibility index (Phi) is 5.89. The minimum Gasteiger partial charge on any atom is -0.307 e. The van der Waals surface area contributed by atoms with Gasteiger partial charge in [0.15, 0.2) is 0 Å². The van der Waals surface area contributed by atoms with Crippen LogP contribution in [0.5, 0.6) is 0 Å². The van der Waals surface area contributed by atoms with E-state index in [9.17, 15) is 0 Å². The monoisotopic (exact) mass is 299 g/mol. The van der Waals surface area contributed by atoms with E-state index in [0.29, 0.717) is 0 Å². The molecule has 112 valence electrons. The molecule has 0 aliphatic rings. The van der Waals surface area contributed by atoms with Crippen LogP contribution in [0.3, 0.4) is 0 Å². The summed E-state index contributed by atoms with van der Waals surface area (Å²) in [6.45, 7) is 9.67. The maximum atomic E-state index is 3.62. The summed E-state index contributed by atoms with van der Waals surface area (Å²) in [5.41, 5.74) is 5.39. The Morgan fingerprint density at radius 3 is 2.29 bits per heavy atom. The van der Waals surface area contributed by atoms with Crippen LogP contribution in [-0.2, 0) is 0 Å². The third-order valence-corrected chi connectivity index (χ3v) is 4.56. The molecule has 1 unspecified atom stereocenters. The van der Waals surface area contributed by atoms with Gasteiger partial charge in [-0.15, -0.1) is 11.8 Å². The average molecular weight is 299 g/mol. The predicted molar refractivity (Wildman–Crippen MR) is 94.3 cm³/mol.